The smallest absolute Gasteiger partial charge is 0.224 e. The van der Waals surface area contributed by atoms with E-state index in [1.165, 1.54) is 5.56 Å². The molecule has 0 saturated heterocycles. The summed E-state index contributed by atoms with van der Waals surface area (Å²) in [7, 11) is 0. The minimum absolute atomic E-state index is 0.493. The van der Waals surface area contributed by atoms with E-state index in [0.29, 0.717) is 22.7 Å². The lowest BCUT2D eigenvalue weighted by atomic mass is 9.98. The van der Waals surface area contributed by atoms with Crippen LogP contribution in [-0.4, -0.2) is 23.1 Å². The Kier molecular flexibility index (Phi) is 5.81. The van der Waals surface area contributed by atoms with Crippen LogP contribution in [0.2, 0.25) is 5.02 Å². The van der Waals surface area contributed by atoms with Gasteiger partial charge in [-0.3, -0.25) is 0 Å². The van der Waals surface area contributed by atoms with Crippen molar-refractivity contribution in [2.45, 2.75) is 26.2 Å². The highest BCUT2D eigenvalue weighted by atomic mass is 35.5. The van der Waals surface area contributed by atoms with Gasteiger partial charge in [0.15, 0.2) is 0 Å². The molecule has 0 radical (unpaired) electrons. The second kappa shape index (κ2) is 7.84. The number of benzene rings is 1. The van der Waals surface area contributed by atoms with Crippen LogP contribution in [0, 0.1) is 0 Å². The summed E-state index contributed by atoms with van der Waals surface area (Å²) in [5.74, 6) is 1.77. The Hall–Kier alpha value is -1.81. The molecule has 4 nitrogen and oxygen atoms in total. The highest BCUT2D eigenvalue weighted by Crippen LogP contribution is 2.21. The van der Waals surface area contributed by atoms with Gasteiger partial charge in [-0.05, 0) is 24.8 Å². The topological polar surface area (TPSA) is 49.8 Å². The van der Waals surface area contributed by atoms with Gasteiger partial charge >= 0.3 is 0 Å². The van der Waals surface area contributed by atoms with Crippen LogP contribution in [0.1, 0.15) is 31.7 Å². The molecule has 2 rings (SSSR count). The molecule has 0 spiro atoms. The number of hydrogen-bond acceptors (Lipinski definition) is 4. The Bertz CT molecular complexity index is 559. The molecule has 1 heterocycles. The van der Waals surface area contributed by atoms with Crippen molar-refractivity contribution in [2.24, 2.45) is 0 Å². The van der Waals surface area contributed by atoms with Crippen molar-refractivity contribution in [3.05, 3.63) is 47.1 Å². The first-order chi connectivity index (χ1) is 10.2. The fourth-order valence-electron chi connectivity index (χ4n) is 2.09. The molecular formula is C16H21ClN4. The molecule has 5 heteroatoms. The molecule has 1 atom stereocenters. The Morgan fingerprint density at radius 2 is 1.95 bits per heavy atom. The third kappa shape index (κ3) is 4.60. The number of aromatic nitrogens is 2. The van der Waals surface area contributed by atoms with Crippen LogP contribution in [0.15, 0.2) is 36.5 Å². The average Bonchev–Trinajstić information content (AvgIpc) is 2.51. The van der Waals surface area contributed by atoms with Gasteiger partial charge in [0.25, 0.3) is 0 Å². The fraction of sp³-hybridized carbons (Fsp3) is 0.375. The maximum atomic E-state index is 6.11. The van der Waals surface area contributed by atoms with Crippen molar-refractivity contribution < 1.29 is 0 Å². The van der Waals surface area contributed by atoms with E-state index in [1.807, 2.05) is 13.0 Å². The largest absolute Gasteiger partial charge is 0.369 e. The van der Waals surface area contributed by atoms with Crippen molar-refractivity contribution in [3.63, 3.8) is 0 Å². The van der Waals surface area contributed by atoms with Crippen molar-refractivity contribution in [2.75, 3.05) is 23.7 Å². The Morgan fingerprint density at radius 1 is 1.19 bits per heavy atom. The summed E-state index contributed by atoms with van der Waals surface area (Å²) in [6.45, 7) is 5.83. The summed E-state index contributed by atoms with van der Waals surface area (Å²) in [6, 6.07) is 10.5. The van der Waals surface area contributed by atoms with Gasteiger partial charge in [-0.15, -0.1) is 0 Å². The van der Waals surface area contributed by atoms with Gasteiger partial charge in [0.05, 0.1) is 6.20 Å². The van der Waals surface area contributed by atoms with Crippen molar-refractivity contribution in [3.8, 4) is 0 Å². The molecule has 0 bridgehead atoms. The van der Waals surface area contributed by atoms with E-state index in [2.05, 4.69) is 51.8 Å². The lowest BCUT2D eigenvalue weighted by Crippen LogP contribution is -2.10. The Balaban J connectivity index is 1.89. The molecular weight excluding hydrogens is 284 g/mol. The molecule has 1 unspecified atom stereocenters. The van der Waals surface area contributed by atoms with E-state index in [0.717, 1.165) is 19.5 Å². The number of halogens is 1. The van der Waals surface area contributed by atoms with E-state index in [1.54, 1.807) is 6.20 Å². The summed E-state index contributed by atoms with van der Waals surface area (Å²) in [4.78, 5) is 8.49. The normalized spacial score (nSPS) is 12.0. The van der Waals surface area contributed by atoms with Crippen LogP contribution in [-0.2, 0) is 0 Å². The molecule has 1 aromatic carbocycles. The Morgan fingerprint density at radius 3 is 2.67 bits per heavy atom. The van der Waals surface area contributed by atoms with Gasteiger partial charge in [-0.25, -0.2) is 4.98 Å². The van der Waals surface area contributed by atoms with Gasteiger partial charge in [0.2, 0.25) is 5.95 Å². The van der Waals surface area contributed by atoms with E-state index in [-0.39, 0.29) is 0 Å². The first kappa shape index (κ1) is 15.6. The van der Waals surface area contributed by atoms with Crippen LogP contribution in [0.3, 0.4) is 0 Å². The van der Waals surface area contributed by atoms with Crippen LogP contribution < -0.4 is 10.6 Å². The summed E-state index contributed by atoms with van der Waals surface area (Å²) >= 11 is 6.11. The number of anilines is 2. The number of hydrogen-bond donors (Lipinski definition) is 2. The van der Waals surface area contributed by atoms with Crippen LogP contribution >= 0.6 is 11.6 Å². The van der Waals surface area contributed by atoms with Gasteiger partial charge < -0.3 is 10.6 Å². The van der Waals surface area contributed by atoms with Crippen molar-refractivity contribution in [1.29, 1.82) is 0 Å². The van der Waals surface area contributed by atoms with E-state index >= 15 is 0 Å². The van der Waals surface area contributed by atoms with Crippen molar-refractivity contribution >= 4 is 23.4 Å². The highest BCUT2D eigenvalue weighted by molar-refractivity contribution is 6.32. The van der Waals surface area contributed by atoms with Crippen LogP contribution in [0.5, 0.6) is 0 Å². The molecule has 21 heavy (non-hydrogen) atoms. The molecule has 112 valence electrons. The second-order valence-electron chi connectivity index (χ2n) is 4.95. The maximum absolute atomic E-state index is 6.11. The summed E-state index contributed by atoms with van der Waals surface area (Å²) in [5, 5.41) is 6.91. The molecule has 1 aromatic heterocycles. The van der Waals surface area contributed by atoms with Gasteiger partial charge in [-0.1, -0.05) is 48.9 Å². The standard InChI is InChI=1S/C16H21ClN4/c1-3-18-16-20-11-14(17)15(21-16)19-10-9-12(2)13-7-5-4-6-8-13/h4-8,11-12H,3,9-10H2,1-2H3,(H2,18,19,20,21). The molecule has 0 amide bonds. The molecule has 0 aliphatic rings. The number of nitrogens with one attached hydrogen (secondary N) is 2. The van der Waals surface area contributed by atoms with Crippen LogP contribution in [0.4, 0.5) is 11.8 Å². The van der Waals surface area contributed by atoms with Crippen molar-refractivity contribution in [1.82, 2.24) is 9.97 Å². The zero-order chi connectivity index (χ0) is 15.1. The Labute approximate surface area is 131 Å². The molecule has 0 aliphatic heterocycles. The summed E-state index contributed by atoms with van der Waals surface area (Å²) < 4.78 is 0. The van der Waals surface area contributed by atoms with E-state index < -0.39 is 0 Å². The zero-order valence-electron chi connectivity index (χ0n) is 12.4. The number of nitrogens with zero attached hydrogens (tertiary/aromatic N) is 2. The fourth-order valence-corrected chi connectivity index (χ4v) is 2.25. The minimum Gasteiger partial charge on any atom is -0.369 e. The summed E-state index contributed by atoms with van der Waals surface area (Å²) in [6.07, 6.45) is 2.64. The quantitative estimate of drug-likeness (QED) is 0.806. The van der Waals surface area contributed by atoms with E-state index in [9.17, 15) is 0 Å². The van der Waals surface area contributed by atoms with Gasteiger partial charge in [-0.2, -0.15) is 4.98 Å². The molecule has 2 aromatic rings. The molecule has 0 aliphatic carbocycles. The lowest BCUT2D eigenvalue weighted by molar-refractivity contribution is 0.705. The molecule has 0 fully saturated rings. The molecule has 0 saturated carbocycles. The van der Waals surface area contributed by atoms with Gasteiger partial charge in [0, 0.05) is 13.1 Å². The third-order valence-electron chi connectivity index (χ3n) is 3.32. The average molecular weight is 305 g/mol. The van der Waals surface area contributed by atoms with Gasteiger partial charge in [0.1, 0.15) is 10.8 Å². The lowest BCUT2D eigenvalue weighted by Gasteiger charge is -2.13. The monoisotopic (exact) mass is 304 g/mol. The number of rotatable bonds is 7. The summed E-state index contributed by atoms with van der Waals surface area (Å²) in [5.41, 5.74) is 1.35. The first-order valence-corrected chi connectivity index (χ1v) is 7.63. The first-order valence-electron chi connectivity index (χ1n) is 7.26. The predicted octanol–water partition coefficient (Wildman–Crippen LogP) is 4.17. The SMILES string of the molecule is CCNc1ncc(Cl)c(NCCC(C)c2ccccc2)n1. The second-order valence-corrected chi connectivity index (χ2v) is 5.35. The maximum Gasteiger partial charge on any atom is 0.224 e. The molecule has 2 N–H and O–H groups in total. The minimum atomic E-state index is 0.493. The zero-order valence-corrected chi connectivity index (χ0v) is 13.2. The van der Waals surface area contributed by atoms with E-state index in [4.69, 9.17) is 11.6 Å². The highest BCUT2D eigenvalue weighted by Gasteiger charge is 2.07. The predicted molar refractivity (Wildman–Crippen MR) is 89.2 cm³/mol. The third-order valence-corrected chi connectivity index (χ3v) is 3.59. The van der Waals surface area contributed by atoms with Crippen LogP contribution in [0.25, 0.3) is 0 Å².